The van der Waals surface area contributed by atoms with Crippen molar-refractivity contribution >= 4 is 0 Å². The quantitative estimate of drug-likeness (QED) is 0.759. The Bertz CT molecular complexity index is 350. The van der Waals surface area contributed by atoms with E-state index in [0.717, 1.165) is 17.2 Å². The van der Waals surface area contributed by atoms with E-state index >= 15 is 0 Å². The Hall–Kier alpha value is -1.25. The summed E-state index contributed by atoms with van der Waals surface area (Å²) in [4.78, 5) is 4.22. The summed E-state index contributed by atoms with van der Waals surface area (Å²) < 4.78 is 11.0. The Morgan fingerprint density at radius 2 is 1.94 bits per heavy atom. The van der Waals surface area contributed by atoms with Crippen LogP contribution in [0.1, 0.15) is 32.9 Å². The number of aromatic nitrogens is 1. The molecule has 3 heteroatoms. The summed E-state index contributed by atoms with van der Waals surface area (Å²) in [7, 11) is 1.65. The van der Waals surface area contributed by atoms with Gasteiger partial charge < -0.3 is 9.47 Å². The van der Waals surface area contributed by atoms with Crippen molar-refractivity contribution in [1.29, 1.82) is 0 Å². The lowest BCUT2D eigenvalue weighted by atomic mass is 10.00. The molecule has 96 valence electrons. The smallest absolute Gasteiger partial charge is 0.179 e. The van der Waals surface area contributed by atoms with Gasteiger partial charge in [-0.1, -0.05) is 20.8 Å². The van der Waals surface area contributed by atoms with E-state index < -0.39 is 0 Å². The fourth-order valence-electron chi connectivity index (χ4n) is 1.89. The molecule has 1 aromatic heterocycles. The SMILES string of the molecule is COc1cc(C)ncc1OCC(C)CC(C)C. The van der Waals surface area contributed by atoms with Gasteiger partial charge in [-0.05, 0) is 25.2 Å². The molecule has 0 radical (unpaired) electrons. The fourth-order valence-corrected chi connectivity index (χ4v) is 1.89. The number of ether oxygens (including phenoxy) is 2. The largest absolute Gasteiger partial charge is 0.493 e. The zero-order chi connectivity index (χ0) is 12.8. The molecule has 0 bridgehead atoms. The van der Waals surface area contributed by atoms with E-state index in [1.54, 1.807) is 13.3 Å². The van der Waals surface area contributed by atoms with E-state index in [9.17, 15) is 0 Å². The first-order chi connectivity index (χ1) is 8.02. The number of pyridine rings is 1. The molecule has 0 aliphatic heterocycles. The normalized spacial score (nSPS) is 12.6. The zero-order valence-electron chi connectivity index (χ0n) is 11.5. The minimum Gasteiger partial charge on any atom is -0.493 e. The molecule has 0 aliphatic rings. The highest BCUT2D eigenvalue weighted by Gasteiger charge is 2.09. The van der Waals surface area contributed by atoms with Crippen molar-refractivity contribution in [1.82, 2.24) is 4.98 Å². The highest BCUT2D eigenvalue weighted by Crippen LogP contribution is 2.27. The van der Waals surface area contributed by atoms with Crippen LogP contribution in [0.2, 0.25) is 0 Å². The number of methoxy groups -OCH3 is 1. The van der Waals surface area contributed by atoms with Crippen molar-refractivity contribution in [3.05, 3.63) is 18.0 Å². The second kappa shape index (κ2) is 6.48. The maximum atomic E-state index is 5.76. The Labute approximate surface area is 104 Å². The van der Waals surface area contributed by atoms with E-state index in [2.05, 4.69) is 25.8 Å². The van der Waals surface area contributed by atoms with Crippen LogP contribution in [0.15, 0.2) is 12.3 Å². The minimum absolute atomic E-state index is 0.543. The highest BCUT2D eigenvalue weighted by molar-refractivity contribution is 5.38. The van der Waals surface area contributed by atoms with Gasteiger partial charge in [0.15, 0.2) is 11.5 Å². The van der Waals surface area contributed by atoms with Crippen LogP contribution < -0.4 is 9.47 Å². The molecule has 1 atom stereocenters. The van der Waals surface area contributed by atoms with Gasteiger partial charge in [-0.2, -0.15) is 0 Å². The minimum atomic E-state index is 0.543. The summed E-state index contributed by atoms with van der Waals surface area (Å²) in [5.41, 5.74) is 0.935. The summed E-state index contributed by atoms with van der Waals surface area (Å²) in [6, 6.07) is 1.89. The molecule has 0 saturated carbocycles. The molecule has 0 aliphatic carbocycles. The van der Waals surface area contributed by atoms with Crippen LogP contribution in [0.3, 0.4) is 0 Å². The van der Waals surface area contributed by atoms with E-state index in [1.807, 2.05) is 13.0 Å². The molecular formula is C14H23NO2. The molecule has 0 fully saturated rings. The monoisotopic (exact) mass is 237 g/mol. The molecule has 1 rings (SSSR count). The summed E-state index contributed by atoms with van der Waals surface area (Å²) in [5, 5.41) is 0. The number of hydrogen-bond acceptors (Lipinski definition) is 3. The van der Waals surface area contributed by atoms with Gasteiger partial charge in [-0.25, -0.2) is 0 Å². The van der Waals surface area contributed by atoms with Gasteiger partial charge in [0, 0.05) is 11.8 Å². The molecule has 17 heavy (non-hydrogen) atoms. The van der Waals surface area contributed by atoms with E-state index in [-0.39, 0.29) is 0 Å². The summed E-state index contributed by atoms with van der Waals surface area (Å²) in [6.07, 6.45) is 2.90. The van der Waals surface area contributed by atoms with Gasteiger partial charge in [-0.3, -0.25) is 4.98 Å². The van der Waals surface area contributed by atoms with E-state index in [4.69, 9.17) is 9.47 Å². The second-order valence-electron chi connectivity index (χ2n) is 5.02. The standard InChI is InChI=1S/C14H23NO2/c1-10(2)6-11(3)9-17-14-8-15-12(4)7-13(14)16-5/h7-8,10-11H,6,9H2,1-5H3. The van der Waals surface area contributed by atoms with Crippen molar-refractivity contribution < 1.29 is 9.47 Å². The molecule has 1 aromatic rings. The summed E-state index contributed by atoms with van der Waals surface area (Å²) in [6.45, 7) is 9.30. The number of nitrogens with zero attached hydrogens (tertiary/aromatic N) is 1. The lowest BCUT2D eigenvalue weighted by Gasteiger charge is -2.16. The van der Waals surface area contributed by atoms with E-state index in [1.165, 1.54) is 6.42 Å². The molecule has 1 heterocycles. The van der Waals surface area contributed by atoms with Crippen LogP contribution >= 0.6 is 0 Å². The molecular weight excluding hydrogens is 214 g/mol. The van der Waals surface area contributed by atoms with Crippen LogP contribution in [-0.4, -0.2) is 18.7 Å². The molecule has 0 aromatic carbocycles. The second-order valence-corrected chi connectivity index (χ2v) is 5.02. The predicted molar refractivity (Wildman–Crippen MR) is 69.6 cm³/mol. The van der Waals surface area contributed by atoms with Gasteiger partial charge >= 0.3 is 0 Å². The third-order valence-electron chi connectivity index (χ3n) is 2.59. The molecule has 0 N–H and O–H groups in total. The third kappa shape index (κ3) is 4.63. The van der Waals surface area contributed by atoms with Crippen molar-refractivity contribution in [3.63, 3.8) is 0 Å². The molecule has 3 nitrogen and oxygen atoms in total. The lowest BCUT2D eigenvalue weighted by molar-refractivity contribution is 0.228. The Morgan fingerprint density at radius 1 is 1.24 bits per heavy atom. The van der Waals surface area contributed by atoms with E-state index in [0.29, 0.717) is 18.4 Å². The Morgan fingerprint density at radius 3 is 2.53 bits per heavy atom. The van der Waals surface area contributed by atoms with Gasteiger partial charge in [0.1, 0.15) is 0 Å². The summed E-state index contributed by atoms with van der Waals surface area (Å²) in [5.74, 6) is 2.73. The van der Waals surface area contributed by atoms with Crippen molar-refractivity contribution in [2.24, 2.45) is 11.8 Å². The number of rotatable bonds is 6. The number of hydrogen-bond donors (Lipinski definition) is 0. The molecule has 0 amide bonds. The van der Waals surface area contributed by atoms with Gasteiger partial charge in [-0.15, -0.1) is 0 Å². The topological polar surface area (TPSA) is 31.4 Å². The first-order valence-electron chi connectivity index (χ1n) is 6.16. The van der Waals surface area contributed by atoms with Crippen LogP contribution in [0, 0.1) is 18.8 Å². The molecule has 0 saturated heterocycles. The van der Waals surface area contributed by atoms with Crippen LogP contribution in [-0.2, 0) is 0 Å². The van der Waals surface area contributed by atoms with Crippen molar-refractivity contribution in [2.45, 2.75) is 34.1 Å². The van der Waals surface area contributed by atoms with Gasteiger partial charge in [0.05, 0.1) is 19.9 Å². The highest BCUT2D eigenvalue weighted by atomic mass is 16.5. The fraction of sp³-hybridized carbons (Fsp3) is 0.643. The maximum Gasteiger partial charge on any atom is 0.179 e. The third-order valence-corrected chi connectivity index (χ3v) is 2.59. The Balaban J connectivity index is 2.56. The molecule has 1 unspecified atom stereocenters. The maximum absolute atomic E-state index is 5.76. The first-order valence-corrected chi connectivity index (χ1v) is 6.16. The first kappa shape index (κ1) is 13.8. The Kier molecular flexibility index (Phi) is 5.26. The average molecular weight is 237 g/mol. The zero-order valence-corrected chi connectivity index (χ0v) is 11.5. The van der Waals surface area contributed by atoms with Crippen LogP contribution in [0.5, 0.6) is 11.5 Å². The van der Waals surface area contributed by atoms with Crippen LogP contribution in [0.4, 0.5) is 0 Å². The van der Waals surface area contributed by atoms with Crippen LogP contribution in [0.25, 0.3) is 0 Å². The van der Waals surface area contributed by atoms with Crippen molar-refractivity contribution in [3.8, 4) is 11.5 Å². The van der Waals surface area contributed by atoms with Gasteiger partial charge in [0.2, 0.25) is 0 Å². The molecule has 0 spiro atoms. The average Bonchev–Trinajstić information content (AvgIpc) is 2.26. The summed E-state index contributed by atoms with van der Waals surface area (Å²) >= 11 is 0. The van der Waals surface area contributed by atoms with Gasteiger partial charge in [0.25, 0.3) is 0 Å². The lowest BCUT2D eigenvalue weighted by Crippen LogP contribution is -2.11. The number of aryl methyl sites for hydroxylation is 1. The van der Waals surface area contributed by atoms with Crippen molar-refractivity contribution in [2.75, 3.05) is 13.7 Å². The predicted octanol–water partition coefficient (Wildman–Crippen LogP) is 3.46.